The summed E-state index contributed by atoms with van der Waals surface area (Å²) in [6.45, 7) is 3.28. The normalized spacial score (nSPS) is 23.1. The molecule has 0 bridgehead atoms. The van der Waals surface area contributed by atoms with E-state index in [1.807, 2.05) is 0 Å². The molecule has 224 valence electrons. The number of aromatic amines is 1. The zero-order valence-electron chi connectivity index (χ0n) is 22.7. The molecule has 5 atom stereocenters. The van der Waals surface area contributed by atoms with Crippen molar-refractivity contribution in [3.63, 3.8) is 0 Å². The van der Waals surface area contributed by atoms with Gasteiger partial charge in [0, 0.05) is 25.2 Å². The summed E-state index contributed by atoms with van der Waals surface area (Å²) in [7, 11) is 1.51. The second-order valence-electron chi connectivity index (χ2n) is 9.59. The van der Waals surface area contributed by atoms with E-state index in [-0.39, 0.29) is 54.7 Å². The number of benzene rings is 1. The molecule has 0 aliphatic carbocycles. The zero-order chi connectivity index (χ0) is 30.0. The third-order valence-electron chi connectivity index (χ3n) is 6.95. The predicted molar refractivity (Wildman–Crippen MR) is 147 cm³/mol. The number of nitrogen functional groups attached to an aromatic ring is 1. The van der Waals surface area contributed by atoms with Gasteiger partial charge in [0.05, 0.1) is 30.9 Å². The number of amides is 1. The third kappa shape index (κ3) is 5.47. The van der Waals surface area contributed by atoms with E-state index in [2.05, 4.69) is 16.9 Å². The van der Waals surface area contributed by atoms with Crippen LogP contribution < -0.4 is 22.3 Å². The quantitative estimate of drug-likeness (QED) is 0.128. The number of nitrogens with two attached hydrogens (primary N) is 1. The Morgan fingerprint density at radius 2 is 1.86 bits per heavy atom. The number of nitrogens with zero attached hydrogens (tertiary/aromatic N) is 2. The molecule has 2 aliphatic rings. The van der Waals surface area contributed by atoms with Gasteiger partial charge in [-0.05, 0) is 24.3 Å². The number of hydrogen-bond acceptors (Lipinski definition) is 11. The van der Waals surface area contributed by atoms with Crippen molar-refractivity contribution in [3.8, 4) is 0 Å². The minimum absolute atomic E-state index is 0.0318. The highest BCUT2D eigenvalue weighted by molar-refractivity contribution is 5.96. The summed E-state index contributed by atoms with van der Waals surface area (Å²) < 4.78 is 31.2. The number of aromatic nitrogens is 3. The van der Waals surface area contributed by atoms with Crippen LogP contribution in [0.15, 0.2) is 52.6 Å². The van der Waals surface area contributed by atoms with Crippen molar-refractivity contribution in [3.05, 3.63) is 75.0 Å². The zero-order valence-corrected chi connectivity index (χ0v) is 22.7. The number of esters is 1. The summed E-state index contributed by atoms with van der Waals surface area (Å²) in [5.41, 5.74) is 5.80. The van der Waals surface area contributed by atoms with Gasteiger partial charge < -0.3 is 44.8 Å². The lowest BCUT2D eigenvalue weighted by Crippen LogP contribution is -2.34. The second kappa shape index (κ2) is 12.3. The Morgan fingerprint density at radius 1 is 1.14 bits per heavy atom. The SMILES string of the molecule is C=CCn1c(=O)n([C@@H]2O[C@H](CO)[C@H]3OC(COCCOC(=O)c4ccc(C(=O)NC)cc4)O[C@H]32)c2cc(N)[nH]c(=O)c21. The Bertz CT molecular complexity index is 1590. The van der Waals surface area contributed by atoms with E-state index in [0.717, 1.165) is 0 Å². The van der Waals surface area contributed by atoms with Crippen molar-refractivity contribution in [1.29, 1.82) is 0 Å². The first-order valence-corrected chi connectivity index (χ1v) is 13.2. The van der Waals surface area contributed by atoms with Crippen molar-refractivity contribution in [1.82, 2.24) is 19.4 Å². The van der Waals surface area contributed by atoms with E-state index in [1.165, 1.54) is 52.6 Å². The first-order valence-electron chi connectivity index (χ1n) is 13.2. The van der Waals surface area contributed by atoms with Crippen molar-refractivity contribution in [2.45, 2.75) is 37.4 Å². The van der Waals surface area contributed by atoms with Gasteiger partial charge in [0.2, 0.25) is 0 Å². The number of pyridine rings is 1. The van der Waals surface area contributed by atoms with Gasteiger partial charge in [-0.3, -0.25) is 18.7 Å². The number of rotatable bonds is 11. The molecule has 2 aliphatic heterocycles. The fourth-order valence-corrected chi connectivity index (χ4v) is 5.07. The van der Waals surface area contributed by atoms with Gasteiger partial charge in [-0.25, -0.2) is 9.59 Å². The third-order valence-corrected chi connectivity index (χ3v) is 6.95. The van der Waals surface area contributed by atoms with Crippen LogP contribution in [-0.2, 0) is 30.2 Å². The van der Waals surface area contributed by atoms with Gasteiger partial charge >= 0.3 is 11.7 Å². The monoisotopic (exact) mass is 585 g/mol. The number of H-pyrrole nitrogens is 1. The topological polar surface area (TPSA) is 198 Å². The number of allylic oxidation sites excluding steroid dienone is 1. The van der Waals surface area contributed by atoms with E-state index in [0.29, 0.717) is 5.56 Å². The standard InChI is InChI=1S/C27H31N5O10/c1-3-8-31-20-16(11-18(28)30-24(20)35)32(27(31)37)25-22-21(17(12-33)40-25)41-19(42-22)13-38-9-10-39-26(36)15-6-4-14(5-7-15)23(34)29-2/h3-7,11,17,19,21-22,25,33H,1,8-10,12-13H2,2H3,(H,29,34)(H3,28,30,35)/t17-,19?,21-,22-,25-/m1/s1. The van der Waals surface area contributed by atoms with Crippen molar-refractivity contribution >= 4 is 28.7 Å². The van der Waals surface area contributed by atoms with Gasteiger partial charge in [0.1, 0.15) is 36.3 Å². The Balaban J connectivity index is 1.21. The summed E-state index contributed by atoms with van der Waals surface area (Å²) in [5.74, 6) is -0.781. The maximum atomic E-state index is 13.4. The molecule has 15 heteroatoms. The number of aliphatic hydroxyl groups excluding tert-OH is 1. The summed E-state index contributed by atoms with van der Waals surface area (Å²) in [5, 5.41) is 12.4. The summed E-state index contributed by atoms with van der Waals surface area (Å²) in [6.07, 6.45) is -2.77. The van der Waals surface area contributed by atoms with Crippen molar-refractivity contribution < 1.29 is 38.4 Å². The molecule has 5 rings (SSSR count). The molecule has 5 N–H and O–H groups in total. The molecule has 1 aromatic carbocycles. The van der Waals surface area contributed by atoms with Crippen molar-refractivity contribution in [2.75, 3.05) is 39.2 Å². The van der Waals surface area contributed by atoms with Gasteiger partial charge in [-0.1, -0.05) is 6.08 Å². The lowest BCUT2D eigenvalue weighted by Gasteiger charge is -2.20. The predicted octanol–water partition coefficient (Wildman–Crippen LogP) is -0.507. The molecule has 0 spiro atoms. The molecule has 0 radical (unpaired) electrons. The van der Waals surface area contributed by atoms with Gasteiger partial charge in [-0.15, -0.1) is 6.58 Å². The number of carbonyl (C=O) groups excluding carboxylic acids is 2. The summed E-state index contributed by atoms with van der Waals surface area (Å²) in [6, 6.07) is 7.48. The highest BCUT2D eigenvalue weighted by atomic mass is 16.8. The Labute approximate surface area is 238 Å². The molecule has 2 saturated heterocycles. The number of carbonyl (C=O) groups is 2. The largest absolute Gasteiger partial charge is 0.460 e. The van der Waals surface area contributed by atoms with Crippen LogP contribution in [0, 0.1) is 0 Å². The summed E-state index contributed by atoms with van der Waals surface area (Å²) in [4.78, 5) is 52.5. The number of fused-ring (bicyclic) bond motifs is 2. The van der Waals surface area contributed by atoms with Crippen LogP contribution in [0.25, 0.3) is 11.0 Å². The average molecular weight is 586 g/mol. The van der Waals surface area contributed by atoms with E-state index in [4.69, 9.17) is 29.4 Å². The lowest BCUT2D eigenvalue weighted by molar-refractivity contribution is -0.171. The minimum Gasteiger partial charge on any atom is -0.460 e. The highest BCUT2D eigenvalue weighted by Crippen LogP contribution is 2.40. The highest BCUT2D eigenvalue weighted by Gasteiger charge is 2.54. The van der Waals surface area contributed by atoms with Crippen LogP contribution in [0.5, 0.6) is 0 Å². The molecule has 1 unspecified atom stereocenters. The molecule has 2 aromatic heterocycles. The number of aliphatic hydroxyl groups is 1. The fourth-order valence-electron chi connectivity index (χ4n) is 5.07. The maximum absolute atomic E-state index is 13.4. The Morgan fingerprint density at radius 3 is 2.55 bits per heavy atom. The molecular formula is C27H31N5O10. The molecule has 4 heterocycles. The minimum atomic E-state index is -1.03. The molecule has 1 amide bonds. The smallest absolute Gasteiger partial charge is 0.338 e. The fraction of sp³-hybridized carbons (Fsp3) is 0.407. The number of imidazole rings is 1. The van der Waals surface area contributed by atoms with E-state index in [9.17, 15) is 24.3 Å². The molecule has 3 aromatic rings. The van der Waals surface area contributed by atoms with Crippen LogP contribution in [0.1, 0.15) is 26.9 Å². The van der Waals surface area contributed by atoms with Crippen LogP contribution >= 0.6 is 0 Å². The van der Waals surface area contributed by atoms with Crippen LogP contribution in [-0.4, -0.2) is 89.2 Å². The first kappa shape index (κ1) is 29.2. The summed E-state index contributed by atoms with van der Waals surface area (Å²) >= 11 is 0. The Kier molecular flexibility index (Phi) is 8.56. The molecular weight excluding hydrogens is 554 g/mol. The second-order valence-corrected chi connectivity index (χ2v) is 9.59. The van der Waals surface area contributed by atoms with Crippen LogP contribution in [0.4, 0.5) is 5.82 Å². The van der Waals surface area contributed by atoms with E-state index in [1.54, 1.807) is 0 Å². The molecule has 15 nitrogen and oxygen atoms in total. The van der Waals surface area contributed by atoms with Crippen LogP contribution in [0.2, 0.25) is 0 Å². The van der Waals surface area contributed by atoms with Gasteiger partial charge in [0.15, 0.2) is 12.5 Å². The molecule has 0 saturated carbocycles. The maximum Gasteiger partial charge on any atom is 0.338 e. The van der Waals surface area contributed by atoms with Gasteiger partial charge in [0.25, 0.3) is 11.5 Å². The molecule has 42 heavy (non-hydrogen) atoms. The molecule has 2 fully saturated rings. The average Bonchev–Trinajstić information content (AvgIpc) is 3.62. The van der Waals surface area contributed by atoms with E-state index < -0.39 is 54.7 Å². The van der Waals surface area contributed by atoms with E-state index >= 15 is 0 Å². The number of hydrogen-bond donors (Lipinski definition) is 4. The number of nitrogens with one attached hydrogen (secondary N) is 2. The first-order chi connectivity index (χ1) is 20.3. The van der Waals surface area contributed by atoms with Crippen LogP contribution in [0.3, 0.4) is 0 Å². The Hall–Kier alpha value is -4.28. The van der Waals surface area contributed by atoms with Gasteiger partial charge in [-0.2, -0.15) is 0 Å². The lowest BCUT2D eigenvalue weighted by atomic mass is 10.1. The van der Waals surface area contributed by atoms with Crippen molar-refractivity contribution in [2.24, 2.45) is 0 Å². The number of anilines is 1. The number of ether oxygens (including phenoxy) is 5.